The number of hydrogen-bond donors (Lipinski definition) is 2. The van der Waals surface area contributed by atoms with E-state index >= 15 is 0 Å². The molecule has 0 heterocycles. The predicted molar refractivity (Wildman–Crippen MR) is 58.0 cm³/mol. The van der Waals surface area contributed by atoms with Crippen molar-refractivity contribution in [2.24, 2.45) is 0 Å². The van der Waals surface area contributed by atoms with Crippen molar-refractivity contribution in [2.75, 3.05) is 11.9 Å². The Morgan fingerprint density at radius 1 is 1.53 bits per heavy atom. The molecule has 1 aromatic rings. The van der Waals surface area contributed by atoms with Crippen LogP contribution >= 0.6 is 0 Å². The Hall–Kier alpha value is -1.97. The molecular weight excluding hydrogens is 194 g/mol. The standard InChI is InChI=1S/C11H13NO3/c1-2-15-10-6-4-3-5-9(10)12-8-7-11(13)14/h3-8,12H,2H2,1H3,(H,13,14)/b8-7+. The van der Waals surface area contributed by atoms with Crippen LogP contribution in [0.25, 0.3) is 0 Å². The van der Waals surface area contributed by atoms with Gasteiger partial charge in [-0.3, -0.25) is 0 Å². The summed E-state index contributed by atoms with van der Waals surface area (Å²) in [7, 11) is 0. The van der Waals surface area contributed by atoms with Gasteiger partial charge in [0, 0.05) is 12.3 Å². The van der Waals surface area contributed by atoms with Crippen molar-refractivity contribution in [2.45, 2.75) is 6.92 Å². The Labute approximate surface area is 88.2 Å². The summed E-state index contributed by atoms with van der Waals surface area (Å²) in [5, 5.41) is 11.2. The molecule has 1 aromatic carbocycles. The molecule has 15 heavy (non-hydrogen) atoms. The van der Waals surface area contributed by atoms with E-state index in [9.17, 15) is 4.79 Å². The average molecular weight is 207 g/mol. The van der Waals surface area contributed by atoms with Gasteiger partial charge in [0.1, 0.15) is 5.75 Å². The van der Waals surface area contributed by atoms with E-state index in [2.05, 4.69) is 5.32 Å². The van der Waals surface area contributed by atoms with Gasteiger partial charge in [-0.05, 0) is 19.1 Å². The van der Waals surface area contributed by atoms with Gasteiger partial charge in [0.15, 0.2) is 0 Å². The lowest BCUT2D eigenvalue weighted by molar-refractivity contribution is -0.131. The lowest BCUT2D eigenvalue weighted by Crippen LogP contribution is -1.97. The summed E-state index contributed by atoms with van der Waals surface area (Å²) in [6.45, 7) is 2.46. The van der Waals surface area contributed by atoms with Gasteiger partial charge >= 0.3 is 5.97 Å². The highest BCUT2D eigenvalue weighted by Crippen LogP contribution is 2.23. The predicted octanol–water partition coefficient (Wildman–Crippen LogP) is 2.10. The monoisotopic (exact) mass is 207 g/mol. The van der Waals surface area contributed by atoms with Gasteiger partial charge in [0.2, 0.25) is 0 Å². The van der Waals surface area contributed by atoms with Crippen LogP contribution < -0.4 is 10.1 Å². The molecule has 0 amide bonds. The normalized spacial score (nSPS) is 10.2. The first-order valence-electron chi connectivity index (χ1n) is 4.62. The summed E-state index contributed by atoms with van der Waals surface area (Å²) in [5.74, 6) is -0.286. The van der Waals surface area contributed by atoms with E-state index in [-0.39, 0.29) is 0 Å². The van der Waals surface area contributed by atoms with Crippen LogP contribution in [0.3, 0.4) is 0 Å². The second-order valence-electron chi connectivity index (χ2n) is 2.75. The topological polar surface area (TPSA) is 58.6 Å². The summed E-state index contributed by atoms with van der Waals surface area (Å²) in [6, 6.07) is 7.34. The molecule has 0 saturated heterocycles. The average Bonchev–Trinajstić information content (AvgIpc) is 2.20. The van der Waals surface area contributed by atoms with Gasteiger partial charge < -0.3 is 15.2 Å². The molecule has 0 aliphatic rings. The van der Waals surface area contributed by atoms with Gasteiger partial charge in [-0.15, -0.1) is 0 Å². The van der Waals surface area contributed by atoms with Gasteiger partial charge in [-0.2, -0.15) is 0 Å². The highest BCUT2D eigenvalue weighted by atomic mass is 16.5. The first kappa shape index (κ1) is 11.1. The maximum Gasteiger partial charge on any atom is 0.329 e. The molecule has 2 N–H and O–H groups in total. The zero-order chi connectivity index (χ0) is 11.1. The molecular formula is C11H13NO3. The number of benzene rings is 1. The van der Waals surface area contributed by atoms with E-state index in [1.807, 2.05) is 31.2 Å². The zero-order valence-corrected chi connectivity index (χ0v) is 8.43. The largest absolute Gasteiger partial charge is 0.492 e. The number of carboxylic acid groups (broad SMARTS) is 1. The van der Waals surface area contributed by atoms with Crippen molar-refractivity contribution in [1.82, 2.24) is 0 Å². The number of rotatable bonds is 5. The Morgan fingerprint density at radius 2 is 2.27 bits per heavy atom. The molecule has 0 aromatic heterocycles. The van der Waals surface area contributed by atoms with Crippen molar-refractivity contribution in [1.29, 1.82) is 0 Å². The van der Waals surface area contributed by atoms with Crippen LogP contribution in [0.5, 0.6) is 5.75 Å². The third kappa shape index (κ3) is 3.72. The fourth-order valence-corrected chi connectivity index (χ4v) is 1.07. The highest BCUT2D eigenvalue weighted by Gasteiger charge is 1.98. The number of nitrogens with one attached hydrogen (secondary N) is 1. The van der Waals surface area contributed by atoms with E-state index in [1.165, 1.54) is 6.20 Å². The number of carboxylic acids is 1. The summed E-state index contributed by atoms with van der Waals surface area (Å²) < 4.78 is 5.35. The van der Waals surface area contributed by atoms with Crippen LogP contribution in [0.2, 0.25) is 0 Å². The number of aliphatic carboxylic acids is 1. The fourth-order valence-electron chi connectivity index (χ4n) is 1.07. The molecule has 4 heteroatoms. The van der Waals surface area contributed by atoms with Crippen LogP contribution in [0.4, 0.5) is 5.69 Å². The number of ether oxygens (including phenoxy) is 1. The summed E-state index contributed by atoms with van der Waals surface area (Å²) >= 11 is 0. The van der Waals surface area contributed by atoms with E-state index < -0.39 is 5.97 Å². The van der Waals surface area contributed by atoms with Crippen LogP contribution in [0.1, 0.15) is 6.92 Å². The third-order valence-corrected chi connectivity index (χ3v) is 1.65. The molecule has 4 nitrogen and oxygen atoms in total. The Kier molecular flexibility index (Phi) is 4.22. The van der Waals surface area contributed by atoms with Gasteiger partial charge in [-0.1, -0.05) is 12.1 Å². The Morgan fingerprint density at radius 3 is 2.93 bits per heavy atom. The third-order valence-electron chi connectivity index (χ3n) is 1.65. The van der Waals surface area contributed by atoms with Crippen molar-refractivity contribution >= 4 is 11.7 Å². The maximum atomic E-state index is 10.2. The SMILES string of the molecule is CCOc1ccccc1N/C=C/C(=O)O. The maximum absolute atomic E-state index is 10.2. The lowest BCUT2D eigenvalue weighted by atomic mass is 10.3. The smallest absolute Gasteiger partial charge is 0.329 e. The minimum absolute atomic E-state index is 0.571. The molecule has 0 saturated carbocycles. The van der Waals surface area contributed by atoms with Crippen LogP contribution in [0, 0.1) is 0 Å². The van der Waals surface area contributed by atoms with E-state index in [4.69, 9.17) is 9.84 Å². The van der Waals surface area contributed by atoms with Crippen LogP contribution in [-0.2, 0) is 4.79 Å². The minimum atomic E-state index is -0.989. The molecule has 0 atom stereocenters. The van der Waals surface area contributed by atoms with Crippen molar-refractivity contribution < 1.29 is 14.6 Å². The van der Waals surface area contributed by atoms with E-state index in [1.54, 1.807) is 0 Å². The molecule has 0 spiro atoms. The number of carbonyl (C=O) groups is 1. The lowest BCUT2D eigenvalue weighted by Gasteiger charge is -2.08. The van der Waals surface area contributed by atoms with Crippen molar-refractivity contribution in [3.63, 3.8) is 0 Å². The number of para-hydroxylation sites is 2. The molecule has 0 radical (unpaired) electrons. The van der Waals surface area contributed by atoms with Crippen molar-refractivity contribution in [3.8, 4) is 5.75 Å². The molecule has 1 rings (SSSR count). The minimum Gasteiger partial charge on any atom is -0.492 e. The second kappa shape index (κ2) is 5.70. The summed E-state index contributed by atoms with van der Waals surface area (Å²) in [4.78, 5) is 10.2. The summed E-state index contributed by atoms with van der Waals surface area (Å²) in [6.07, 6.45) is 2.39. The molecule has 80 valence electrons. The van der Waals surface area contributed by atoms with Gasteiger partial charge in [-0.25, -0.2) is 4.79 Å². The Balaban J connectivity index is 2.70. The molecule has 0 unspecified atom stereocenters. The first-order valence-corrected chi connectivity index (χ1v) is 4.62. The fraction of sp³-hybridized carbons (Fsp3) is 0.182. The van der Waals surface area contributed by atoms with Gasteiger partial charge in [0.25, 0.3) is 0 Å². The van der Waals surface area contributed by atoms with Gasteiger partial charge in [0.05, 0.1) is 12.3 Å². The van der Waals surface area contributed by atoms with Crippen LogP contribution in [-0.4, -0.2) is 17.7 Å². The van der Waals surface area contributed by atoms with Crippen LogP contribution in [0.15, 0.2) is 36.5 Å². The number of hydrogen-bond acceptors (Lipinski definition) is 3. The second-order valence-corrected chi connectivity index (χ2v) is 2.75. The first-order chi connectivity index (χ1) is 7.24. The summed E-state index contributed by atoms with van der Waals surface area (Å²) in [5.41, 5.74) is 0.747. The molecule has 0 fully saturated rings. The molecule has 0 aliphatic carbocycles. The quantitative estimate of drug-likeness (QED) is 0.726. The zero-order valence-electron chi connectivity index (χ0n) is 8.43. The van der Waals surface area contributed by atoms with E-state index in [0.717, 1.165) is 11.8 Å². The molecule has 0 bridgehead atoms. The molecule has 0 aliphatic heterocycles. The highest BCUT2D eigenvalue weighted by molar-refractivity contribution is 5.80. The van der Waals surface area contributed by atoms with E-state index in [0.29, 0.717) is 12.4 Å². The number of anilines is 1. The Bertz CT molecular complexity index is 361. The van der Waals surface area contributed by atoms with Crippen molar-refractivity contribution in [3.05, 3.63) is 36.5 Å².